The molecule has 0 bridgehead atoms. The molecule has 0 saturated heterocycles. The smallest absolute Gasteiger partial charge is 0.274 e. The molecule has 1 amide bonds. The van der Waals surface area contributed by atoms with E-state index >= 15 is 0 Å². The number of rotatable bonds is 3. The van der Waals surface area contributed by atoms with Crippen molar-refractivity contribution in [2.24, 2.45) is 0 Å². The van der Waals surface area contributed by atoms with Crippen LogP contribution in [0.1, 0.15) is 35.8 Å². The van der Waals surface area contributed by atoms with Gasteiger partial charge in [0.25, 0.3) is 5.91 Å². The Labute approximate surface area is 99.3 Å². The third-order valence-corrected chi connectivity index (χ3v) is 2.44. The number of anilines is 1. The number of nitrogens with one attached hydrogen (secondary N) is 2. The minimum Gasteiger partial charge on any atom is -0.318 e. The van der Waals surface area contributed by atoms with Crippen molar-refractivity contribution in [3.05, 3.63) is 42.0 Å². The van der Waals surface area contributed by atoms with E-state index in [0.717, 1.165) is 5.56 Å². The first-order valence-electron chi connectivity index (χ1n) is 5.43. The summed E-state index contributed by atoms with van der Waals surface area (Å²) in [6.45, 7) is 4.15. The van der Waals surface area contributed by atoms with Crippen molar-refractivity contribution in [1.82, 2.24) is 15.2 Å². The van der Waals surface area contributed by atoms with E-state index in [2.05, 4.69) is 34.3 Å². The largest absolute Gasteiger partial charge is 0.318 e. The molecule has 0 unspecified atom stereocenters. The zero-order valence-corrected chi connectivity index (χ0v) is 9.77. The number of carbonyl (C=O) groups is 1. The van der Waals surface area contributed by atoms with E-state index in [1.807, 2.05) is 6.07 Å². The topological polar surface area (TPSA) is 70.7 Å². The fourth-order valence-electron chi connectivity index (χ4n) is 1.44. The summed E-state index contributed by atoms with van der Waals surface area (Å²) in [5.74, 6) is 0.146. The van der Waals surface area contributed by atoms with E-state index in [1.54, 1.807) is 24.7 Å². The van der Waals surface area contributed by atoms with Crippen LogP contribution in [-0.2, 0) is 0 Å². The first-order chi connectivity index (χ1) is 8.16. The summed E-state index contributed by atoms with van der Waals surface area (Å²) < 4.78 is 0. The second kappa shape index (κ2) is 4.78. The number of H-pyrrole nitrogens is 1. The monoisotopic (exact) mass is 230 g/mol. The average Bonchev–Trinajstić information content (AvgIpc) is 2.82. The first kappa shape index (κ1) is 11.3. The minimum atomic E-state index is -0.228. The predicted octanol–water partition coefficient (Wildman–Crippen LogP) is 2.18. The Balaban J connectivity index is 2.16. The van der Waals surface area contributed by atoms with Crippen molar-refractivity contribution in [2.45, 2.75) is 19.8 Å². The number of hydrogen-bond donors (Lipinski definition) is 2. The van der Waals surface area contributed by atoms with Crippen LogP contribution in [0.25, 0.3) is 0 Å². The summed E-state index contributed by atoms with van der Waals surface area (Å²) in [5, 5.41) is 9.09. The molecule has 0 radical (unpaired) electrons. The second-order valence-corrected chi connectivity index (χ2v) is 4.07. The van der Waals surface area contributed by atoms with Crippen LogP contribution in [0.4, 0.5) is 5.69 Å². The molecule has 2 aromatic heterocycles. The van der Waals surface area contributed by atoms with Crippen LogP contribution in [0, 0.1) is 0 Å². The molecule has 0 aliphatic rings. The molecule has 0 aliphatic carbocycles. The summed E-state index contributed by atoms with van der Waals surface area (Å²) in [6.07, 6.45) is 4.81. The Hall–Kier alpha value is -2.17. The lowest BCUT2D eigenvalue weighted by Gasteiger charge is -2.07. The average molecular weight is 230 g/mol. The lowest BCUT2D eigenvalue weighted by atomic mass is 10.0. The number of nitrogens with zero attached hydrogens (tertiary/aromatic N) is 2. The van der Waals surface area contributed by atoms with Crippen LogP contribution in [0.5, 0.6) is 0 Å². The van der Waals surface area contributed by atoms with Gasteiger partial charge in [-0.15, -0.1) is 0 Å². The maximum Gasteiger partial charge on any atom is 0.274 e. The predicted molar refractivity (Wildman–Crippen MR) is 64.9 cm³/mol. The molecule has 2 N–H and O–H groups in total. The van der Waals surface area contributed by atoms with Crippen LogP contribution >= 0.6 is 0 Å². The maximum absolute atomic E-state index is 11.9. The summed E-state index contributed by atoms with van der Waals surface area (Å²) >= 11 is 0. The Bertz CT molecular complexity index is 505. The number of aromatic nitrogens is 3. The van der Waals surface area contributed by atoms with Crippen molar-refractivity contribution in [1.29, 1.82) is 0 Å². The molecule has 0 aromatic carbocycles. The van der Waals surface area contributed by atoms with Gasteiger partial charge in [-0.2, -0.15) is 5.10 Å². The van der Waals surface area contributed by atoms with Gasteiger partial charge in [0.1, 0.15) is 5.69 Å². The molecule has 2 rings (SSSR count). The molecule has 5 heteroatoms. The molecule has 17 heavy (non-hydrogen) atoms. The van der Waals surface area contributed by atoms with Gasteiger partial charge in [0.15, 0.2) is 0 Å². The lowest BCUT2D eigenvalue weighted by Crippen LogP contribution is -2.13. The summed E-state index contributed by atoms with van der Waals surface area (Å²) in [4.78, 5) is 15.9. The van der Waals surface area contributed by atoms with Gasteiger partial charge in [-0.1, -0.05) is 13.8 Å². The van der Waals surface area contributed by atoms with Gasteiger partial charge in [0, 0.05) is 12.4 Å². The highest BCUT2D eigenvalue weighted by atomic mass is 16.1. The SMILES string of the molecule is CC(C)c1ccnc(C(=O)Nc2cn[nH]c2)c1. The van der Waals surface area contributed by atoms with E-state index in [1.165, 1.54) is 0 Å². The molecule has 0 fully saturated rings. The number of pyridine rings is 1. The Kier molecular flexibility index (Phi) is 3.18. The zero-order valence-electron chi connectivity index (χ0n) is 9.77. The number of amides is 1. The normalized spacial score (nSPS) is 10.5. The highest BCUT2D eigenvalue weighted by molar-refractivity contribution is 6.02. The molecule has 0 aliphatic heterocycles. The second-order valence-electron chi connectivity index (χ2n) is 4.07. The van der Waals surface area contributed by atoms with Crippen LogP contribution in [0.15, 0.2) is 30.7 Å². The molecular weight excluding hydrogens is 216 g/mol. The fraction of sp³-hybridized carbons (Fsp3) is 0.250. The standard InChI is InChI=1S/C12H14N4O/c1-8(2)9-3-4-13-11(5-9)12(17)16-10-6-14-15-7-10/h3-8H,1-2H3,(H,14,15)(H,16,17). The van der Waals surface area contributed by atoms with Crippen molar-refractivity contribution < 1.29 is 4.79 Å². The van der Waals surface area contributed by atoms with Crippen LogP contribution < -0.4 is 5.32 Å². The summed E-state index contributed by atoms with van der Waals surface area (Å²) in [7, 11) is 0. The van der Waals surface area contributed by atoms with Crippen molar-refractivity contribution in [3.8, 4) is 0 Å². The molecule has 88 valence electrons. The van der Waals surface area contributed by atoms with Crippen LogP contribution in [0.2, 0.25) is 0 Å². The van der Waals surface area contributed by atoms with E-state index < -0.39 is 0 Å². The number of aromatic amines is 1. The van der Waals surface area contributed by atoms with Gasteiger partial charge < -0.3 is 5.32 Å². The summed E-state index contributed by atoms with van der Waals surface area (Å²) in [6, 6.07) is 3.72. The van der Waals surface area contributed by atoms with Crippen molar-refractivity contribution in [3.63, 3.8) is 0 Å². The fourth-order valence-corrected chi connectivity index (χ4v) is 1.44. The van der Waals surface area contributed by atoms with Gasteiger partial charge in [-0.25, -0.2) is 0 Å². The maximum atomic E-state index is 11.9. The third-order valence-electron chi connectivity index (χ3n) is 2.44. The van der Waals surface area contributed by atoms with Crippen LogP contribution in [-0.4, -0.2) is 21.1 Å². The van der Waals surface area contributed by atoms with E-state index in [4.69, 9.17) is 0 Å². The van der Waals surface area contributed by atoms with Gasteiger partial charge in [0.05, 0.1) is 11.9 Å². The van der Waals surface area contributed by atoms with Crippen molar-refractivity contribution in [2.75, 3.05) is 5.32 Å². The Morgan fingerprint density at radius 2 is 2.29 bits per heavy atom. The zero-order chi connectivity index (χ0) is 12.3. The van der Waals surface area contributed by atoms with Gasteiger partial charge >= 0.3 is 0 Å². The third kappa shape index (κ3) is 2.69. The van der Waals surface area contributed by atoms with Gasteiger partial charge in [-0.05, 0) is 23.6 Å². The highest BCUT2D eigenvalue weighted by Crippen LogP contribution is 2.14. The van der Waals surface area contributed by atoms with E-state index in [9.17, 15) is 4.79 Å². The van der Waals surface area contributed by atoms with Gasteiger partial charge in [0.2, 0.25) is 0 Å². The highest BCUT2D eigenvalue weighted by Gasteiger charge is 2.09. The lowest BCUT2D eigenvalue weighted by molar-refractivity contribution is 0.102. The Morgan fingerprint density at radius 3 is 2.94 bits per heavy atom. The summed E-state index contributed by atoms with van der Waals surface area (Å²) in [5.41, 5.74) is 2.14. The molecule has 2 aromatic rings. The molecular formula is C12H14N4O. The van der Waals surface area contributed by atoms with E-state index in [-0.39, 0.29) is 5.91 Å². The molecule has 2 heterocycles. The molecule has 0 saturated carbocycles. The van der Waals surface area contributed by atoms with Crippen LogP contribution in [0.3, 0.4) is 0 Å². The van der Waals surface area contributed by atoms with Crippen molar-refractivity contribution >= 4 is 11.6 Å². The molecule has 0 spiro atoms. The number of hydrogen-bond acceptors (Lipinski definition) is 3. The molecule has 5 nitrogen and oxygen atoms in total. The Morgan fingerprint density at radius 1 is 1.47 bits per heavy atom. The quantitative estimate of drug-likeness (QED) is 0.849. The first-order valence-corrected chi connectivity index (χ1v) is 5.43. The molecule has 0 atom stereocenters. The minimum absolute atomic E-state index is 0.228. The van der Waals surface area contributed by atoms with Gasteiger partial charge in [-0.3, -0.25) is 14.9 Å². The van der Waals surface area contributed by atoms with E-state index in [0.29, 0.717) is 17.3 Å². The number of carbonyl (C=O) groups excluding carboxylic acids is 1.